The Morgan fingerprint density at radius 3 is 2.82 bits per heavy atom. The number of aryl methyl sites for hydroxylation is 1. The van der Waals surface area contributed by atoms with Crippen molar-refractivity contribution in [3.63, 3.8) is 0 Å². The molecule has 116 valence electrons. The number of carbonyl (C=O) groups is 1. The zero-order valence-corrected chi connectivity index (χ0v) is 13.5. The number of aromatic nitrogens is 2. The summed E-state index contributed by atoms with van der Waals surface area (Å²) >= 11 is 0. The molecular weight excluding hydrogens is 276 g/mol. The maximum absolute atomic E-state index is 11.8. The molecule has 0 atom stereocenters. The van der Waals surface area contributed by atoms with E-state index in [1.54, 1.807) is 30.6 Å². The molecule has 5 nitrogen and oxygen atoms in total. The minimum absolute atomic E-state index is 0.312. The van der Waals surface area contributed by atoms with Gasteiger partial charge in [0.1, 0.15) is 5.69 Å². The summed E-state index contributed by atoms with van der Waals surface area (Å²) in [4.78, 5) is 15.8. The van der Waals surface area contributed by atoms with Crippen molar-refractivity contribution < 1.29 is 4.79 Å². The molecule has 0 unspecified atom stereocenters. The third-order valence-corrected chi connectivity index (χ3v) is 3.43. The quantitative estimate of drug-likeness (QED) is 0.681. The molecule has 0 bridgehead atoms. The molecule has 0 saturated carbocycles. The molecule has 0 aliphatic heterocycles. The molecule has 0 fully saturated rings. The average Bonchev–Trinajstić information content (AvgIpc) is 2.75. The maximum atomic E-state index is 11.8. The van der Waals surface area contributed by atoms with Crippen LogP contribution in [0.4, 0.5) is 0 Å². The smallest absolute Gasteiger partial charge is 0.289 e. The Balaban J connectivity index is 2.06. The molecule has 0 aliphatic rings. The first-order valence-corrected chi connectivity index (χ1v) is 7.40. The van der Waals surface area contributed by atoms with Crippen LogP contribution in [0, 0.1) is 19.8 Å². The van der Waals surface area contributed by atoms with Crippen LogP contribution < -0.4 is 5.43 Å². The number of hydrazone groups is 1. The Morgan fingerprint density at radius 1 is 1.41 bits per heavy atom. The Hall–Kier alpha value is -2.43. The van der Waals surface area contributed by atoms with Gasteiger partial charge in [-0.3, -0.25) is 9.78 Å². The zero-order chi connectivity index (χ0) is 16.1. The summed E-state index contributed by atoms with van der Waals surface area (Å²) in [6.45, 7) is 9.52. The van der Waals surface area contributed by atoms with Crippen LogP contribution in [0.5, 0.6) is 0 Å². The first-order valence-electron chi connectivity index (χ1n) is 7.40. The zero-order valence-electron chi connectivity index (χ0n) is 13.5. The fraction of sp³-hybridized carbons (Fsp3) is 0.353. The third-order valence-electron chi connectivity index (χ3n) is 3.43. The van der Waals surface area contributed by atoms with Gasteiger partial charge in [-0.15, -0.1) is 0 Å². The van der Waals surface area contributed by atoms with Crippen molar-refractivity contribution in [2.75, 3.05) is 0 Å². The SMILES string of the molecule is Cc1cc(/C=N/NC(=O)c2ccccn2)c(C)n1CC(C)C. The van der Waals surface area contributed by atoms with E-state index in [0.29, 0.717) is 11.6 Å². The lowest BCUT2D eigenvalue weighted by Gasteiger charge is -2.11. The number of hydrogen-bond acceptors (Lipinski definition) is 3. The predicted octanol–water partition coefficient (Wildman–Crippen LogP) is 2.92. The normalized spacial score (nSPS) is 11.3. The van der Waals surface area contributed by atoms with Crippen molar-refractivity contribution in [3.05, 3.63) is 53.1 Å². The molecule has 22 heavy (non-hydrogen) atoms. The number of hydrogen-bond donors (Lipinski definition) is 1. The van der Waals surface area contributed by atoms with Crippen molar-refractivity contribution in [1.82, 2.24) is 15.0 Å². The van der Waals surface area contributed by atoms with E-state index in [2.05, 4.69) is 53.8 Å². The predicted molar refractivity (Wildman–Crippen MR) is 88.0 cm³/mol. The van der Waals surface area contributed by atoms with E-state index in [1.807, 2.05) is 0 Å². The van der Waals surface area contributed by atoms with Crippen molar-refractivity contribution in [2.24, 2.45) is 11.0 Å². The van der Waals surface area contributed by atoms with Crippen LogP contribution in [-0.4, -0.2) is 21.7 Å². The summed E-state index contributed by atoms with van der Waals surface area (Å²) in [6, 6.07) is 7.27. The van der Waals surface area contributed by atoms with E-state index in [1.165, 1.54) is 5.69 Å². The van der Waals surface area contributed by atoms with Gasteiger partial charge in [0.05, 0.1) is 6.21 Å². The Labute approximate surface area is 131 Å². The molecule has 2 rings (SSSR count). The van der Waals surface area contributed by atoms with Gasteiger partial charge in [-0.2, -0.15) is 5.10 Å². The van der Waals surface area contributed by atoms with Crippen LogP contribution in [0.25, 0.3) is 0 Å². The number of amides is 1. The largest absolute Gasteiger partial charge is 0.348 e. The number of rotatable bonds is 5. The van der Waals surface area contributed by atoms with Gasteiger partial charge in [0.25, 0.3) is 5.91 Å². The fourth-order valence-corrected chi connectivity index (χ4v) is 2.32. The standard InChI is InChI=1S/C17H22N4O/c1-12(2)11-21-13(3)9-15(14(21)4)10-19-20-17(22)16-7-5-6-8-18-16/h5-10,12H,11H2,1-4H3,(H,20,22)/b19-10+. The van der Waals surface area contributed by atoms with Crippen molar-refractivity contribution in [1.29, 1.82) is 0 Å². The van der Waals surface area contributed by atoms with Gasteiger partial charge in [0.2, 0.25) is 0 Å². The minimum Gasteiger partial charge on any atom is -0.348 e. The van der Waals surface area contributed by atoms with E-state index in [9.17, 15) is 4.79 Å². The number of nitrogens with one attached hydrogen (secondary N) is 1. The van der Waals surface area contributed by atoms with Gasteiger partial charge < -0.3 is 4.57 Å². The first-order chi connectivity index (χ1) is 10.5. The van der Waals surface area contributed by atoms with Gasteiger partial charge in [0, 0.05) is 29.7 Å². The van der Waals surface area contributed by atoms with Crippen LogP contribution in [0.15, 0.2) is 35.6 Å². The van der Waals surface area contributed by atoms with Gasteiger partial charge in [-0.05, 0) is 38.0 Å². The second-order valence-corrected chi connectivity index (χ2v) is 5.75. The summed E-state index contributed by atoms with van der Waals surface area (Å²) in [5, 5.41) is 4.03. The topological polar surface area (TPSA) is 59.3 Å². The lowest BCUT2D eigenvalue weighted by Crippen LogP contribution is -2.18. The van der Waals surface area contributed by atoms with Crippen LogP contribution in [0.2, 0.25) is 0 Å². The van der Waals surface area contributed by atoms with Crippen LogP contribution in [-0.2, 0) is 6.54 Å². The lowest BCUT2D eigenvalue weighted by molar-refractivity contribution is 0.0950. The maximum Gasteiger partial charge on any atom is 0.289 e. The fourth-order valence-electron chi connectivity index (χ4n) is 2.32. The monoisotopic (exact) mass is 298 g/mol. The van der Waals surface area contributed by atoms with E-state index in [-0.39, 0.29) is 5.91 Å². The molecule has 0 saturated heterocycles. The van der Waals surface area contributed by atoms with Crippen LogP contribution >= 0.6 is 0 Å². The van der Waals surface area contributed by atoms with Crippen LogP contribution in [0.3, 0.4) is 0 Å². The summed E-state index contributed by atoms with van der Waals surface area (Å²) in [7, 11) is 0. The molecule has 0 aromatic carbocycles. The molecular formula is C17H22N4O. The highest BCUT2D eigenvalue weighted by Gasteiger charge is 2.09. The molecule has 1 amide bonds. The molecule has 2 aromatic heterocycles. The highest BCUT2D eigenvalue weighted by molar-refractivity contribution is 5.93. The molecule has 1 N–H and O–H groups in total. The summed E-state index contributed by atoms with van der Waals surface area (Å²) in [6.07, 6.45) is 3.26. The van der Waals surface area contributed by atoms with E-state index >= 15 is 0 Å². The third kappa shape index (κ3) is 3.81. The first kappa shape index (κ1) is 15.9. The number of carbonyl (C=O) groups excluding carboxylic acids is 1. The lowest BCUT2D eigenvalue weighted by atomic mass is 10.2. The second kappa shape index (κ2) is 7.02. The summed E-state index contributed by atoms with van der Waals surface area (Å²) < 4.78 is 2.27. The van der Waals surface area contributed by atoms with Crippen molar-refractivity contribution >= 4 is 12.1 Å². The highest BCUT2D eigenvalue weighted by atomic mass is 16.2. The van der Waals surface area contributed by atoms with Gasteiger partial charge in [-0.1, -0.05) is 19.9 Å². The molecule has 2 heterocycles. The second-order valence-electron chi connectivity index (χ2n) is 5.75. The summed E-state index contributed by atoms with van der Waals surface area (Å²) in [5.74, 6) is 0.270. The molecule has 0 radical (unpaired) electrons. The molecule has 5 heteroatoms. The highest BCUT2D eigenvalue weighted by Crippen LogP contribution is 2.15. The number of pyridine rings is 1. The Morgan fingerprint density at radius 2 is 2.18 bits per heavy atom. The Bertz CT molecular complexity index is 671. The van der Waals surface area contributed by atoms with Gasteiger partial charge in [0.15, 0.2) is 0 Å². The van der Waals surface area contributed by atoms with Crippen molar-refractivity contribution in [3.8, 4) is 0 Å². The molecule has 2 aromatic rings. The minimum atomic E-state index is -0.312. The molecule has 0 spiro atoms. The molecule has 0 aliphatic carbocycles. The van der Waals surface area contributed by atoms with E-state index < -0.39 is 0 Å². The van der Waals surface area contributed by atoms with E-state index in [4.69, 9.17) is 0 Å². The average molecular weight is 298 g/mol. The van der Waals surface area contributed by atoms with E-state index in [0.717, 1.165) is 17.8 Å². The van der Waals surface area contributed by atoms with Gasteiger partial charge >= 0.3 is 0 Å². The summed E-state index contributed by atoms with van der Waals surface area (Å²) in [5.41, 5.74) is 6.22. The van der Waals surface area contributed by atoms with Crippen molar-refractivity contribution in [2.45, 2.75) is 34.2 Å². The van der Waals surface area contributed by atoms with Crippen LogP contribution in [0.1, 0.15) is 41.3 Å². The number of nitrogens with zero attached hydrogens (tertiary/aromatic N) is 3. The Kier molecular flexibility index (Phi) is 5.09. The van der Waals surface area contributed by atoms with Gasteiger partial charge in [-0.25, -0.2) is 5.43 Å².